The van der Waals surface area contributed by atoms with E-state index in [0.29, 0.717) is 19.1 Å². The van der Waals surface area contributed by atoms with Crippen LogP contribution >= 0.6 is 0 Å². The van der Waals surface area contributed by atoms with Crippen LogP contribution in [0.25, 0.3) is 0 Å². The van der Waals surface area contributed by atoms with Gasteiger partial charge in [0.05, 0.1) is 6.54 Å². The zero-order valence-electron chi connectivity index (χ0n) is 14.6. The largest absolute Gasteiger partial charge is 0.486 e. The van der Waals surface area contributed by atoms with Crippen molar-refractivity contribution in [1.82, 2.24) is 9.80 Å². The fourth-order valence-corrected chi connectivity index (χ4v) is 3.87. The molecule has 0 bridgehead atoms. The number of hydrogen-bond acceptors (Lipinski definition) is 5. The maximum absolute atomic E-state index is 11.5. The van der Waals surface area contributed by atoms with Crippen LogP contribution in [0.3, 0.4) is 0 Å². The molecular formula is C19H26N2O4. The van der Waals surface area contributed by atoms with Crippen molar-refractivity contribution in [1.29, 1.82) is 0 Å². The third-order valence-corrected chi connectivity index (χ3v) is 5.39. The Hall–Kier alpha value is -1.95. The van der Waals surface area contributed by atoms with Crippen molar-refractivity contribution < 1.29 is 19.0 Å². The lowest BCUT2D eigenvalue weighted by Gasteiger charge is -2.36. The minimum atomic E-state index is -0.146. The van der Waals surface area contributed by atoms with Crippen LogP contribution in [0.1, 0.15) is 19.3 Å². The summed E-state index contributed by atoms with van der Waals surface area (Å²) in [5.74, 6) is 2.40. The molecule has 3 aliphatic rings. The third-order valence-electron chi connectivity index (χ3n) is 5.39. The minimum Gasteiger partial charge on any atom is -0.486 e. The van der Waals surface area contributed by atoms with E-state index in [1.54, 1.807) is 0 Å². The molecule has 0 spiro atoms. The van der Waals surface area contributed by atoms with Gasteiger partial charge in [0, 0.05) is 13.1 Å². The SMILES string of the molecule is O=C1OCCN1CCC1CCN(CC2COc3ccccc3O2)CC1. The van der Waals surface area contributed by atoms with E-state index >= 15 is 0 Å². The second kappa shape index (κ2) is 7.52. The van der Waals surface area contributed by atoms with E-state index in [2.05, 4.69) is 4.90 Å². The summed E-state index contributed by atoms with van der Waals surface area (Å²) in [5, 5.41) is 0. The zero-order valence-corrected chi connectivity index (χ0v) is 14.6. The molecule has 0 aromatic heterocycles. The van der Waals surface area contributed by atoms with Crippen molar-refractivity contribution in [3.05, 3.63) is 24.3 Å². The van der Waals surface area contributed by atoms with Gasteiger partial charge in [-0.25, -0.2) is 4.79 Å². The van der Waals surface area contributed by atoms with Crippen molar-refractivity contribution >= 4 is 6.09 Å². The molecule has 0 N–H and O–H groups in total. The maximum atomic E-state index is 11.5. The fraction of sp³-hybridized carbons (Fsp3) is 0.632. The summed E-state index contributed by atoms with van der Waals surface area (Å²) < 4.78 is 16.9. The van der Waals surface area contributed by atoms with E-state index in [1.165, 1.54) is 12.8 Å². The predicted molar refractivity (Wildman–Crippen MR) is 93.1 cm³/mol. The lowest BCUT2D eigenvalue weighted by atomic mass is 9.93. The van der Waals surface area contributed by atoms with Gasteiger partial charge in [-0.2, -0.15) is 0 Å². The minimum absolute atomic E-state index is 0.103. The molecular weight excluding hydrogens is 320 g/mol. The summed E-state index contributed by atoms with van der Waals surface area (Å²) in [6, 6.07) is 7.87. The molecule has 0 aliphatic carbocycles. The van der Waals surface area contributed by atoms with Crippen LogP contribution in [-0.4, -0.2) is 67.9 Å². The first-order valence-electron chi connectivity index (χ1n) is 9.30. The number of carbonyl (C=O) groups is 1. The molecule has 3 aliphatic heterocycles. The van der Waals surface area contributed by atoms with E-state index < -0.39 is 0 Å². The molecule has 4 rings (SSSR count). The normalized spacial score (nSPS) is 24.4. The van der Waals surface area contributed by atoms with Gasteiger partial charge < -0.3 is 19.1 Å². The lowest BCUT2D eigenvalue weighted by Crippen LogP contribution is -2.44. The average Bonchev–Trinajstić information content (AvgIpc) is 3.06. The number of fused-ring (bicyclic) bond motifs is 1. The Morgan fingerprint density at radius 3 is 2.60 bits per heavy atom. The molecule has 0 saturated carbocycles. The molecule has 1 aromatic carbocycles. The van der Waals surface area contributed by atoms with Gasteiger partial charge in [0.2, 0.25) is 0 Å². The monoisotopic (exact) mass is 346 g/mol. The van der Waals surface area contributed by atoms with Crippen LogP contribution in [0, 0.1) is 5.92 Å². The van der Waals surface area contributed by atoms with E-state index in [4.69, 9.17) is 14.2 Å². The average molecular weight is 346 g/mol. The molecule has 25 heavy (non-hydrogen) atoms. The van der Waals surface area contributed by atoms with E-state index in [1.807, 2.05) is 29.2 Å². The highest BCUT2D eigenvalue weighted by molar-refractivity contribution is 5.69. The predicted octanol–water partition coefficient (Wildman–Crippen LogP) is 2.38. The van der Waals surface area contributed by atoms with Gasteiger partial charge in [-0.3, -0.25) is 4.90 Å². The molecule has 1 atom stereocenters. The number of hydrogen-bond donors (Lipinski definition) is 0. The van der Waals surface area contributed by atoms with Gasteiger partial charge in [0.15, 0.2) is 11.5 Å². The fourth-order valence-electron chi connectivity index (χ4n) is 3.87. The summed E-state index contributed by atoms with van der Waals surface area (Å²) in [7, 11) is 0. The van der Waals surface area contributed by atoms with E-state index in [-0.39, 0.29) is 12.2 Å². The van der Waals surface area contributed by atoms with Crippen LogP contribution in [0.5, 0.6) is 11.5 Å². The van der Waals surface area contributed by atoms with Crippen molar-refractivity contribution in [3.8, 4) is 11.5 Å². The Kier molecular flexibility index (Phi) is 4.97. The molecule has 1 aromatic rings. The highest BCUT2D eigenvalue weighted by atomic mass is 16.6. The van der Waals surface area contributed by atoms with Crippen molar-refractivity contribution in [3.63, 3.8) is 0 Å². The highest BCUT2D eigenvalue weighted by Gasteiger charge is 2.27. The Morgan fingerprint density at radius 1 is 1.04 bits per heavy atom. The number of amides is 1. The third kappa shape index (κ3) is 4.00. The van der Waals surface area contributed by atoms with Crippen molar-refractivity contribution in [2.24, 2.45) is 5.92 Å². The second-order valence-electron chi connectivity index (χ2n) is 7.13. The van der Waals surface area contributed by atoms with Crippen LogP contribution < -0.4 is 9.47 Å². The van der Waals surface area contributed by atoms with E-state index in [0.717, 1.165) is 50.6 Å². The smallest absolute Gasteiger partial charge is 0.409 e. The number of carbonyl (C=O) groups excluding carboxylic acids is 1. The molecule has 6 nitrogen and oxygen atoms in total. The van der Waals surface area contributed by atoms with Gasteiger partial charge >= 0.3 is 6.09 Å². The van der Waals surface area contributed by atoms with Crippen molar-refractivity contribution in [2.45, 2.75) is 25.4 Å². The molecule has 136 valence electrons. The number of benzene rings is 1. The Bertz CT molecular complexity index is 601. The molecule has 1 amide bonds. The standard InChI is InChI=1S/C19H26N2O4/c22-19-21(11-12-23-19)10-7-15-5-8-20(9-6-15)13-16-14-24-17-3-1-2-4-18(17)25-16/h1-4,15-16H,5-14H2. The van der Waals surface area contributed by atoms with Crippen molar-refractivity contribution in [2.75, 3.05) is 45.9 Å². The number of likely N-dealkylation sites (tertiary alicyclic amines) is 1. The van der Waals surface area contributed by atoms with Crippen LogP contribution in [0.15, 0.2) is 24.3 Å². The van der Waals surface area contributed by atoms with Crippen LogP contribution in [0.2, 0.25) is 0 Å². The summed E-state index contributed by atoms with van der Waals surface area (Å²) in [6.45, 7) is 5.85. The number of cyclic esters (lactones) is 1. The lowest BCUT2D eigenvalue weighted by molar-refractivity contribution is 0.0467. The zero-order chi connectivity index (χ0) is 17.1. The molecule has 2 saturated heterocycles. The highest BCUT2D eigenvalue weighted by Crippen LogP contribution is 2.31. The summed E-state index contributed by atoms with van der Waals surface area (Å²) in [6.07, 6.45) is 3.41. The summed E-state index contributed by atoms with van der Waals surface area (Å²) >= 11 is 0. The number of nitrogens with zero attached hydrogens (tertiary/aromatic N) is 2. The molecule has 1 unspecified atom stereocenters. The second-order valence-corrected chi connectivity index (χ2v) is 7.13. The topological polar surface area (TPSA) is 51.2 Å². The van der Waals surface area contributed by atoms with Gasteiger partial charge in [0.25, 0.3) is 0 Å². The Morgan fingerprint density at radius 2 is 1.84 bits per heavy atom. The van der Waals surface area contributed by atoms with Crippen LogP contribution in [0.4, 0.5) is 4.79 Å². The molecule has 3 heterocycles. The van der Waals surface area contributed by atoms with Gasteiger partial charge in [-0.1, -0.05) is 12.1 Å². The number of ether oxygens (including phenoxy) is 3. The number of rotatable bonds is 5. The first kappa shape index (κ1) is 16.5. The van der Waals surface area contributed by atoms with Gasteiger partial charge in [0.1, 0.15) is 19.3 Å². The molecule has 2 fully saturated rings. The van der Waals surface area contributed by atoms with Gasteiger partial charge in [-0.05, 0) is 50.4 Å². The first-order valence-corrected chi connectivity index (χ1v) is 9.30. The van der Waals surface area contributed by atoms with Crippen LogP contribution in [-0.2, 0) is 4.74 Å². The summed E-state index contributed by atoms with van der Waals surface area (Å²) in [4.78, 5) is 15.8. The van der Waals surface area contributed by atoms with E-state index in [9.17, 15) is 4.79 Å². The number of para-hydroxylation sites is 2. The van der Waals surface area contributed by atoms with Gasteiger partial charge in [-0.15, -0.1) is 0 Å². The Labute approximate surface area is 148 Å². The molecule has 0 radical (unpaired) electrons. The molecule has 6 heteroatoms. The summed E-state index contributed by atoms with van der Waals surface area (Å²) in [5.41, 5.74) is 0. The quantitative estimate of drug-likeness (QED) is 0.819. The Balaban J connectivity index is 1.19. The maximum Gasteiger partial charge on any atom is 0.409 e. The number of piperidine rings is 1. The first-order chi connectivity index (χ1) is 12.3.